The highest BCUT2D eigenvalue weighted by atomic mass is 79.9. The Morgan fingerprint density at radius 1 is 1.13 bits per heavy atom. The van der Waals surface area contributed by atoms with E-state index in [4.69, 9.17) is 27.9 Å². The van der Waals surface area contributed by atoms with Crippen LogP contribution in [-0.4, -0.2) is 4.92 Å². The van der Waals surface area contributed by atoms with E-state index in [2.05, 4.69) is 22.0 Å². The lowest BCUT2D eigenvalue weighted by Crippen LogP contribution is -1.97. The summed E-state index contributed by atoms with van der Waals surface area (Å²) in [7, 11) is 0. The topological polar surface area (TPSA) is 76.2 Å². The number of hydrogen-bond acceptors (Lipinski definition) is 4. The molecule has 3 rings (SSSR count). The van der Waals surface area contributed by atoms with Gasteiger partial charge >= 0.3 is 0 Å². The molecule has 0 bridgehead atoms. The second kappa shape index (κ2) is 9.77. The van der Waals surface area contributed by atoms with Crippen LogP contribution in [0.2, 0.25) is 10.0 Å². The van der Waals surface area contributed by atoms with Gasteiger partial charge in [0.15, 0.2) is 0 Å². The number of non-ortho nitro benzene ring substituents is 1. The number of ether oxygens (including phenoxy) is 1. The molecule has 30 heavy (non-hydrogen) atoms. The second-order valence-corrected chi connectivity index (χ2v) is 7.89. The van der Waals surface area contributed by atoms with Crippen molar-refractivity contribution in [3.05, 3.63) is 102 Å². The smallest absolute Gasteiger partial charge is 0.269 e. The van der Waals surface area contributed by atoms with Crippen LogP contribution in [0.15, 0.2) is 65.1 Å². The zero-order valence-electron chi connectivity index (χ0n) is 15.3. The fourth-order valence-corrected chi connectivity index (χ4v) is 3.60. The number of allylic oxidation sites excluding steroid dienone is 1. The highest BCUT2D eigenvalue weighted by Crippen LogP contribution is 2.30. The molecule has 0 saturated heterocycles. The molecule has 5 nitrogen and oxygen atoms in total. The maximum Gasteiger partial charge on any atom is 0.269 e. The Balaban J connectivity index is 1.77. The van der Waals surface area contributed by atoms with E-state index in [1.807, 2.05) is 12.1 Å². The molecule has 0 fully saturated rings. The fraction of sp³-hybridized carbons (Fsp3) is 0.0455. The minimum absolute atomic E-state index is 0.0268. The van der Waals surface area contributed by atoms with Crippen LogP contribution < -0.4 is 4.74 Å². The van der Waals surface area contributed by atoms with Gasteiger partial charge < -0.3 is 4.74 Å². The first kappa shape index (κ1) is 21.8. The average molecular weight is 504 g/mol. The van der Waals surface area contributed by atoms with Gasteiger partial charge in [-0.25, -0.2) is 0 Å². The fourth-order valence-electron chi connectivity index (χ4n) is 2.63. The van der Waals surface area contributed by atoms with Crippen molar-refractivity contribution in [2.24, 2.45) is 0 Å². The third kappa shape index (κ3) is 5.39. The van der Waals surface area contributed by atoms with Gasteiger partial charge in [0.2, 0.25) is 0 Å². The van der Waals surface area contributed by atoms with Crippen molar-refractivity contribution in [3.8, 4) is 11.8 Å². The van der Waals surface area contributed by atoms with Crippen molar-refractivity contribution >= 4 is 56.5 Å². The summed E-state index contributed by atoms with van der Waals surface area (Å²) in [4.78, 5) is 10.3. The van der Waals surface area contributed by atoms with E-state index >= 15 is 0 Å². The summed E-state index contributed by atoms with van der Waals surface area (Å²) < 4.78 is 6.54. The first-order chi connectivity index (χ1) is 14.4. The number of nitrogens with zero attached hydrogens (tertiary/aromatic N) is 2. The van der Waals surface area contributed by atoms with E-state index in [1.165, 1.54) is 12.1 Å². The van der Waals surface area contributed by atoms with Crippen LogP contribution in [-0.2, 0) is 6.61 Å². The Morgan fingerprint density at radius 2 is 1.87 bits per heavy atom. The van der Waals surface area contributed by atoms with E-state index < -0.39 is 4.92 Å². The number of nitro benzene ring substituents is 1. The minimum atomic E-state index is -0.480. The first-order valence-electron chi connectivity index (χ1n) is 8.60. The van der Waals surface area contributed by atoms with E-state index in [9.17, 15) is 15.4 Å². The molecule has 0 aliphatic carbocycles. The zero-order valence-corrected chi connectivity index (χ0v) is 18.4. The van der Waals surface area contributed by atoms with Gasteiger partial charge in [0.25, 0.3) is 5.69 Å². The molecule has 3 aromatic rings. The normalized spacial score (nSPS) is 11.1. The van der Waals surface area contributed by atoms with E-state index in [1.54, 1.807) is 42.5 Å². The molecule has 0 amide bonds. The molecular weight excluding hydrogens is 491 g/mol. The maximum atomic E-state index is 10.8. The molecule has 0 aliphatic heterocycles. The van der Waals surface area contributed by atoms with Crippen LogP contribution in [0.1, 0.15) is 16.7 Å². The van der Waals surface area contributed by atoms with Crippen LogP contribution in [0, 0.1) is 21.4 Å². The number of nitriles is 1. The molecule has 0 heterocycles. The highest BCUT2D eigenvalue weighted by Gasteiger charge is 2.09. The lowest BCUT2D eigenvalue weighted by atomic mass is 10.0. The Bertz CT molecular complexity index is 1170. The number of hydrogen-bond donors (Lipinski definition) is 0. The molecule has 0 unspecified atom stereocenters. The number of rotatable bonds is 6. The molecule has 0 spiro atoms. The Morgan fingerprint density at radius 3 is 2.47 bits per heavy atom. The van der Waals surface area contributed by atoms with Crippen LogP contribution in [0.25, 0.3) is 11.6 Å². The van der Waals surface area contributed by atoms with Gasteiger partial charge in [-0.15, -0.1) is 0 Å². The first-order valence-corrected chi connectivity index (χ1v) is 10.1. The van der Waals surface area contributed by atoms with Gasteiger partial charge in [0, 0.05) is 27.7 Å². The van der Waals surface area contributed by atoms with E-state index in [-0.39, 0.29) is 12.3 Å². The van der Waals surface area contributed by atoms with Crippen LogP contribution in [0.3, 0.4) is 0 Å². The SMILES string of the molecule is N#C/C(=C/c1ccc(OCc2ccc(Cl)cc2Cl)c(Br)c1)c1ccc([N+](=O)[O-])cc1. The molecule has 0 atom stereocenters. The van der Waals surface area contributed by atoms with Crippen LogP contribution >= 0.6 is 39.1 Å². The summed E-state index contributed by atoms with van der Waals surface area (Å²) in [5, 5.41) is 21.4. The van der Waals surface area contributed by atoms with Crippen molar-refractivity contribution in [2.45, 2.75) is 6.61 Å². The lowest BCUT2D eigenvalue weighted by Gasteiger charge is -2.10. The van der Waals surface area contributed by atoms with Crippen molar-refractivity contribution in [2.75, 3.05) is 0 Å². The molecule has 0 aliphatic rings. The van der Waals surface area contributed by atoms with Crippen molar-refractivity contribution < 1.29 is 9.66 Å². The van der Waals surface area contributed by atoms with E-state index in [0.717, 1.165) is 11.1 Å². The van der Waals surface area contributed by atoms with Crippen LogP contribution in [0.4, 0.5) is 5.69 Å². The monoisotopic (exact) mass is 502 g/mol. The lowest BCUT2D eigenvalue weighted by molar-refractivity contribution is -0.384. The van der Waals surface area contributed by atoms with Gasteiger partial charge in [-0.2, -0.15) is 5.26 Å². The molecule has 3 aromatic carbocycles. The highest BCUT2D eigenvalue weighted by molar-refractivity contribution is 9.10. The molecule has 0 saturated carbocycles. The third-order valence-corrected chi connectivity index (χ3v) is 5.38. The molecule has 150 valence electrons. The maximum absolute atomic E-state index is 10.8. The summed E-state index contributed by atoms with van der Waals surface area (Å²) in [5.74, 6) is 0.618. The van der Waals surface area contributed by atoms with Gasteiger partial charge in [-0.05, 0) is 69.5 Å². The molecule has 0 N–H and O–H groups in total. The van der Waals surface area contributed by atoms with Gasteiger partial charge in [0.05, 0.1) is 21.0 Å². The minimum Gasteiger partial charge on any atom is -0.488 e. The summed E-state index contributed by atoms with van der Waals surface area (Å²) in [6.45, 7) is 0.274. The summed E-state index contributed by atoms with van der Waals surface area (Å²) in [6, 6.07) is 18.6. The average Bonchev–Trinajstić information content (AvgIpc) is 2.72. The number of halogens is 3. The van der Waals surface area contributed by atoms with Crippen molar-refractivity contribution in [3.63, 3.8) is 0 Å². The largest absolute Gasteiger partial charge is 0.488 e. The molecular formula is C22H13BrCl2N2O3. The third-order valence-electron chi connectivity index (χ3n) is 4.17. The van der Waals surface area contributed by atoms with Gasteiger partial charge in [0.1, 0.15) is 12.4 Å². The standard InChI is InChI=1S/C22H13BrCl2N2O3/c23-20-10-14(9-17(12-26)15-3-6-19(7-4-15)27(28)29)1-8-22(20)30-13-16-2-5-18(24)11-21(16)25/h1-11H,13H2/b17-9-. The summed E-state index contributed by atoms with van der Waals surface area (Å²) in [6.07, 6.45) is 1.70. The Kier molecular flexibility index (Phi) is 7.11. The summed E-state index contributed by atoms with van der Waals surface area (Å²) >= 11 is 15.6. The predicted octanol–water partition coefficient (Wildman–Crippen LogP) is 7.31. The van der Waals surface area contributed by atoms with E-state index in [0.29, 0.717) is 31.4 Å². The quantitative estimate of drug-likeness (QED) is 0.153. The Labute approximate surface area is 191 Å². The molecule has 8 heteroatoms. The van der Waals surface area contributed by atoms with Gasteiger partial charge in [-0.3, -0.25) is 10.1 Å². The molecule has 0 aromatic heterocycles. The second-order valence-electron chi connectivity index (χ2n) is 6.19. The molecule has 0 radical (unpaired) electrons. The number of nitro groups is 1. The predicted molar refractivity (Wildman–Crippen MR) is 122 cm³/mol. The van der Waals surface area contributed by atoms with Crippen LogP contribution in [0.5, 0.6) is 5.75 Å². The summed E-state index contributed by atoms with van der Waals surface area (Å²) in [5.41, 5.74) is 2.53. The van der Waals surface area contributed by atoms with Crippen molar-refractivity contribution in [1.29, 1.82) is 5.26 Å². The van der Waals surface area contributed by atoms with Gasteiger partial charge in [-0.1, -0.05) is 35.3 Å². The zero-order chi connectivity index (χ0) is 21.7. The number of benzene rings is 3. The Hall–Kier alpha value is -2.85. The van der Waals surface area contributed by atoms with Crippen molar-refractivity contribution in [1.82, 2.24) is 0 Å².